The Balaban J connectivity index is 1.19. The van der Waals surface area contributed by atoms with Crippen molar-refractivity contribution in [1.82, 2.24) is 24.5 Å². The molecule has 6 aromatic carbocycles. The number of para-hydroxylation sites is 1. The summed E-state index contributed by atoms with van der Waals surface area (Å²) in [7, 11) is 0. The molecule has 6 nitrogen and oxygen atoms in total. The summed E-state index contributed by atoms with van der Waals surface area (Å²) >= 11 is 1.60. The number of aryl methyl sites for hydroxylation is 1. The maximum atomic E-state index is 12.4. The van der Waals surface area contributed by atoms with Crippen LogP contribution in [0.2, 0.25) is 0 Å². The third-order valence-corrected chi connectivity index (χ3v) is 11.7. The number of thiophene rings is 1. The van der Waals surface area contributed by atoms with Crippen molar-refractivity contribution in [3.8, 4) is 62.0 Å². The average molecular weight is 744 g/mol. The Morgan fingerprint density at radius 1 is 0.625 bits per heavy atom. The molecule has 0 aliphatic carbocycles. The van der Waals surface area contributed by atoms with Crippen LogP contribution in [0.15, 0.2) is 146 Å². The SMILES string of the molecule is Cc1ccc(-c2ccnc(-c3cccc(-c4cccc5c4nc(-c4c(O)c6ccccc6c6c4sc4cnc(-c7ccccc7)nc46)n5C(C)(C)C)c3)c2)cc1. The number of aromatic nitrogens is 5. The molecule has 10 aromatic rings. The summed E-state index contributed by atoms with van der Waals surface area (Å²) in [5.41, 5.74) is 11.5. The molecule has 0 fully saturated rings. The number of aromatic hydroxyl groups is 1. The van der Waals surface area contributed by atoms with Crippen molar-refractivity contribution in [3.63, 3.8) is 0 Å². The average Bonchev–Trinajstić information content (AvgIpc) is 3.81. The van der Waals surface area contributed by atoms with Crippen molar-refractivity contribution in [1.29, 1.82) is 0 Å². The first-order valence-electron chi connectivity index (χ1n) is 18.8. The van der Waals surface area contributed by atoms with Crippen LogP contribution in [-0.2, 0) is 5.54 Å². The lowest BCUT2D eigenvalue weighted by atomic mass is 9.98. The van der Waals surface area contributed by atoms with Crippen LogP contribution in [-0.4, -0.2) is 29.6 Å². The molecule has 4 aromatic heterocycles. The largest absolute Gasteiger partial charge is 0.506 e. The van der Waals surface area contributed by atoms with E-state index in [0.717, 1.165) is 81.2 Å². The Kier molecular flexibility index (Phi) is 7.83. The zero-order chi connectivity index (χ0) is 38.1. The third-order valence-electron chi connectivity index (χ3n) is 10.6. The number of hydrogen-bond acceptors (Lipinski definition) is 6. The summed E-state index contributed by atoms with van der Waals surface area (Å²) in [5.74, 6) is 1.58. The predicted molar refractivity (Wildman–Crippen MR) is 232 cm³/mol. The summed E-state index contributed by atoms with van der Waals surface area (Å²) in [5, 5.41) is 15.1. The minimum atomic E-state index is -0.383. The molecule has 270 valence electrons. The smallest absolute Gasteiger partial charge is 0.159 e. The molecular weight excluding hydrogens is 707 g/mol. The molecule has 0 spiro atoms. The van der Waals surface area contributed by atoms with Crippen LogP contribution in [0.5, 0.6) is 5.75 Å². The van der Waals surface area contributed by atoms with E-state index in [9.17, 15) is 5.11 Å². The summed E-state index contributed by atoms with van der Waals surface area (Å²) in [6, 6.07) is 45.8. The molecule has 0 atom stereocenters. The summed E-state index contributed by atoms with van der Waals surface area (Å²) < 4.78 is 4.16. The van der Waals surface area contributed by atoms with Gasteiger partial charge in [0.2, 0.25) is 0 Å². The van der Waals surface area contributed by atoms with Gasteiger partial charge in [0, 0.05) is 45.4 Å². The molecule has 56 heavy (non-hydrogen) atoms. The number of rotatable bonds is 5. The van der Waals surface area contributed by atoms with Crippen molar-refractivity contribution >= 4 is 53.4 Å². The van der Waals surface area contributed by atoms with Crippen LogP contribution in [0, 0.1) is 6.92 Å². The maximum absolute atomic E-state index is 12.4. The molecular formula is C49H37N5OS. The highest BCUT2D eigenvalue weighted by Gasteiger charge is 2.29. The summed E-state index contributed by atoms with van der Waals surface area (Å²) in [6.45, 7) is 8.67. The lowest BCUT2D eigenvalue weighted by Crippen LogP contribution is -2.22. The van der Waals surface area contributed by atoms with Crippen molar-refractivity contribution in [3.05, 3.63) is 151 Å². The number of hydrogen-bond donors (Lipinski definition) is 1. The first kappa shape index (κ1) is 33.8. The molecule has 0 saturated carbocycles. The highest BCUT2D eigenvalue weighted by Crippen LogP contribution is 2.50. The molecule has 7 heteroatoms. The van der Waals surface area contributed by atoms with Gasteiger partial charge in [-0.3, -0.25) is 4.98 Å². The number of phenols is 1. The Bertz CT molecular complexity index is 3140. The van der Waals surface area contributed by atoms with Gasteiger partial charge in [-0.1, -0.05) is 115 Å². The van der Waals surface area contributed by atoms with Gasteiger partial charge < -0.3 is 9.67 Å². The standard InChI is InChI=1S/C49H37N5OS/c1-29-20-22-30(23-21-29)32-24-25-50-38(27-32)34-15-10-14-33(26-34)35-18-11-19-39-43(35)53-48(54(39)49(2,3)4)42-45(55)37-17-9-8-16-36(37)41-44-40(56-46(41)42)28-51-47(52-44)31-12-6-5-7-13-31/h5-28,55H,1-4H3. The maximum Gasteiger partial charge on any atom is 0.159 e. The summed E-state index contributed by atoms with van der Waals surface area (Å²) in [4.78, 5) is 20.2. The predicted octanol–water partition coefficient (Wildman–Crippen LogP) is 12.8. The number of pyridine rings is 1. The van der Waals surface area contributed by atoms with Crippen LogP contribution in [0.3, 0.4) is 0 Å². The molecule has 10 rings (SSSR count). The van der Waals surface area contributed by atoms with Gasteiger partial charge in [-0.25, -0.2) is 15.0 Å². The van der Waals surface area contributed by atoms with Crippen LogP contribution in [0.25, 0.3) is 98.4 Å². The van der Waals surface area contributed by atoms with Crippen molar-refractivity contribution in [2.75, 3.05) is 0 Å². The van der Waals surface area contributed by atoms with E-state index in [0.29, 0.717) is 17.2 Å². The van der Waals surface area contributed by atoms with E-state index in [1.807, 2.05) is 60.9 Å². The van der Waals surface area contributed by atoms with Crippen LogP contribution >= 0.6 is 11.3 Å². The topological polar surface area (TPSA) is 76.7 Å². The molecule has 0 saturated heterocycles. The molecule has 0 aliphatic heterocycles. The number of phenolic OH excluding ortho intramolecular Hbond substituents is 1. The minimum absolute atomic E-state index is 0.208. The molecule has 0 bridgehead atoms. The van der Waals surface area contributed by atoms with Crippen LogP contribution in [0.4, 0.5) is 0 Å². The van der Waals surface area contributed by atoms with Gasteiger partial charge in [-0.15, -0.1) is 11.3 Å². The van der Waals surface area contributed by atoms with Gasteiger partial charge in [-0.05, 0) is 74.0 Å². The number of nitrogens with zero attached hydrogens (tertiary/aromatic N) is 5. The summed E-state index contributed by atoms with van der Waals surface area (Å²) in [6.07, 6.45) is 3.79. The second-order valence-electron chi connectivity index (χ2n) is 15.3. The Labute approximate surface area is 328 Å². The fraction of sp³-hybridized carbons (Fsp3) is 0.102. The van der Waals surface area contributed by atoms with Crippen molar-refractivity contribution in [2.24, 2.45) is 0 Å². The lowest BCUT2D eigenvalue weighted by molar-refractivity contribution is 0.412. The lowest BCUT2D eigenvalue weighted by Gasteiger charge is -2.25. The zero-order valence-electron chi connectivity index (χ0n) is 31.4. The zero-order valence-corrected chi connectivity index (χ0v) is 32.3. The van der Waals surface area contributed by atoms with E-state index >= 15 is 0 Å². The molecule has 0 unspecified atom stereocenters. The molecule has 0 radical (unpaired) electrons. The van der Waals surface area contributed by atoms with Gasteiger partial charge in [0.25, 0.3) is 0 Å². The molecule has 0 aliphatic rings. The Morgan fingerprint density at radius 3 is 2.16 bits per heavy atom. The van der Waals surface area contributed by atoms with E-state index < -0.39 is 0 Å². The normalized spacial score (nSPS) is 12.0. The second-order valence-corrected chi connectivity index (χ2v) is 16.4. The Morgan fingerprint density at radius 2 is 1.36 bits per heavy atom. The molecule has 4 heterocycles. The van der Waals surface area contributed by atoms with Crippen molar-refractivity contribution in [2.45, 2.75) is 33.2 Å². The number of fused-ring (bicyclic) bond motifs is 6. The van der Waals surface area contributed by atoms with Gasteiger partial charge in [0.1, 0.15) is 11.6 Å². The molecule has 0 amide bonds. The van der Waals surface area contributed by atoms with E-state index in [2.05, 4.69) is 117 Å². The second kappa shape index (κ2) is 13.0. The first-order valence-corrected chi connectivity index (χ1v) is 19.6. The van der Waals surface area contributed by atoms with Gasteiger partial charge in [0.05, 0.1) is 37.2 Å². The monoisotopic (exact) mass is 743 g/mol. The molecule has 1 N–H and O–H groups in total. The highest BCUT2D eigenvalue weighted by atomic mass is 32.1. The van der Waals surface area contributed by atoms with E-state index in [-0.39, 0.29) is 11.3 Å². The highest BCUT2D eigenvalue weighted by molar-refractivity contribution is 7.26. The fourth-order valence-electron chi connectivity index (χ4n) is 7.94. The third kappa shape index (κ3) is 5.54. The van der Waals surface area contributed by atoms with Gasteiger partial charge in [-0.2, -0.15) is 0 Å². The quantitative estimate of drug-likeness (QED) is 0.190. The van der Waals surface area contributed by atoms with Crippen LogP contribution in [0.1, 0.15) is 26.3 Å². The van der Waals surface area contributed by atoms with Gasteiger partial charge in [0.15, 0.2) is 5.82 Å². The van der Waals surface area contributed by atoms with Crippen molar-refractivity contribution < 1.29 is 5.11 Å². The van der Waals surface area contributed by atoms with Crippen LogP contribution < -0.4 is 0 Å². The first-order chi connectivity index (χ1) is 27.2. The van der Waals surface area contributed by atoms with E-state index in [1.54, 1.807) is 11.3 Å². The van der Waals surface area contributed by atoms with E-state index in [1.165, 1.54) is 5.56 Å². The number of imidazole rings is 1. The Hall–Kier alpha value is -6.70. The van der Waals surface area contributed by atoms with Gasteiger partial charge >= 0.3 is 0 Å². The number of benzene rings is 6. The fourth-order valence-corrected chi connectivity index (χ4v) is 9.11. The van der Waals surface area contributed by atoms with E-state index in [4.69, 9.17) is 19.9 Å². The minimum Gasteiger partial charge on any atom is -0.506 e.